The summed E-state index contributed by atoms with van der Waals surface area (Å²) in [5, 5.41) is 12.2. The molecule has 0 radical (unpaired) electrons. The maximum absolute atomic E-state index is 12.0. The Kier molecular flexibility index (Phi) is 4.93. The average Bonchev–Trinajstić information content (AvgIpc) is 2.87. The Morgan fingerprint density at radius 2 is 2.11 bits per heavy atom. The van der Waals surface area contributed by atoms with Crippen molar-refractivity contribution in [3.63, 3.8) is 0 Å². The van der Waals surface area contributed by atoms with Crippen molar-refractivity contribution in [1.82, 2.24) is 5.32 Å². The quantitative estimate of drug-likeness (QED) is 0.736. The molecule has 0 aliphatic heterocycles. The van der Waals surface area contributed by atoms with E-state index < -0.39 is 6.04 Å². The van der Waals surface area contributed by atoms with Crippen LogP contribution in [0.3, 0.4) is 0 Å². The number of aliphatic hydroxyl groups is 1. The smallest absolute Gasteiger partial charge is 0.237 e. The molecule has 1 aromatic carbocycles. The van der Waals surface area contributed by atoms with Gasteiger partial charge in [0.2, 0.25) is 5.91 Å². The largest absolute Gasteiger partial charge is 0.396 e. The molecule has 1 amide bonds. The number of hydrogen-bond donors (Lipinski definition) is 3. The topological polar surface area (TPSA) is 75.4 Å². The number of carbonyl (C=O) groups is 1. The SMILES string of the molecule is N[C@H](Cc1ccccc1)C(=O)NC1CCCC1CO. The van der Waals surface area contributed by atoms with Gasteiger partial charge < -0.3 is 16.2 Å². The van der Waals surface area contributed by atoms with Gasteiger partial charge in [-0.05, 0) is 24.8 Å². The lowest BCUT2D eigenvalue weighted by molar-refractivity contribution is -0.123. The van der Waals surface area contributed by atoms with Crippen molar-refractivity contribution in [2.24, 2.45) is 11.7 Å². The van der Waals surface area contributed by atoms with Crippen molar-refractivity contribution in [2.45, 2.75) is 37.8 Å². The number of nitrogens with two attached hydrogens (primary N) is 1. The van der Waals surface area contributed by atoms with E-state index in [1.807, 2.05) is 30.3 Å². The Morgan fingerprint density at radius 3 is 2.79 bits per heavy atom. The predicted molar refractivity (Wildman–Crippen MR) is 74.5 cm³/mol. The molecule has 2 unspecified atom stereocenters. The second kappa shape index (κ2) is 6.68. The molecule has 1 fully saturated rings. The van der Waals surface area contributed by atoms with Gasteiger partial charge >= 0.3 is 0 Å². The molecular formula is C15H22N2O2. The molecule has 0 aromatic heterocycles. The van der Waals surface area contributed by atoms with E-state index >= 15 is 0 Å². The fourth-order valence-electron chi connectivity index (χ4n) is 2.70. The van der Waals surface area contributed by atoms with Gasteiger partial charge in [-0.3, -0.25) is 4.79 Å². The molecule has 19 heavy (non-hydrogen) atoms. The van der Waals surface area contributed by atoms with Crippen LogP contribution in [-0.2, 0) is 11.2 Å². The van der Waals surface area contributed by atoms with E-state index in [2.05, 4.69) is 5.32 Å². The summed E-state index contributed by atoms with van der Waals surface area (Å²) in [6, 6.07) is 9.33. The van der Waals surface area contributed by atoms with Crippen LogP contribution in [0.5, 0.6) is 0 Å². The molecule has 1 aliphatic rings. The molecule has 3 atom stereocenters. The van der Waals surface area contributed by atoms with Crippen LogP contribution in [0.4, 0.5) is 0 Å². The van der Waals surface area contributed by atoms with Gasteiger partial charge in [0.05, 0.1) is 6.04 Å². The van der Waals surface area contributed by atoms with Gasteiger partial charge in [-0.15, -0.1) is 0 Å². The highest BCUT2D eigenvalue weighted by Crippen LogP contribution is 2.25. The number of aliphatic hydroxyl groups excluding tert-OH is 1. The van der Waals surface area contributed by atoms with Crippen molar-refractivity contribution in [3.8, 4) is 0 Å². The first kappa shape index (κ1) is 14.0. The van der Waals surface area contributed by atoms with Crippen LogP contribution in [0.2, 0.25) is 0 Å². The van der Waals surface area contributed by atoms with Crippen molar-refractivity contribution in [1.29, 1.82) is 0 Å². The van der Waals surface area contributed by atoms with Gasteiger partial charge in [0.15, 0.2) is 0 Å². The molecule has 1 saturated carbocycles. The highest BCUT2D eigenvalue weighted by atomic mass is 16.3. The third-order valence-electron chi connectivity index (χ3n) is 3.86. The fraction of sp³-hybridized carbons (Fsp3) is 0.533. The first-order valence-corrected chi connectivity index (χ1v) is 6.91. The summed E-state index contributed by atoms with van der Waals surface area (Å²) < 4.78 is 0. The molecule has 4 N–H and O–H groups in total. The van der Waals surface area contributed by atoms with E-state index in [0.29, 0.717) is 6.42 Å². The number of nitrogens with one attached hydrogen (secondary N) is 1. The Labute approximate surface area is 114 Å². The van der Waals surface area contributed by atoms with Crippen molar-refractivity contribution < 1.29 is 9.90 Å². The lowest BCUT2D eigenvalue weighted by Gasteiger charge is -2.21. The molecular weight excluding hydrogens is 240 g/mol. The van der Waals surface area contributed by atoms with E-state index in [1.54, 1.807) is 0 Å². The standard InChI is InChI=1S/C15H22N2O2/c16-13(9-11-5-2-1-3-6-11)15(19)17-14-8-4-7-12(14)10-18/h1-3,5-6,12-14,18H,4,7-10,16H2,(H,17,19)/t12?,13-,14?/m1/s1. The maximum atomic E-state index is 12.0. The van der Waals surface area contributed by atoms with E-state index in [-0.39, 0.29) is 24.5 Å². The number of rotatable bonds is 5. The van der Waals surface area contributed by atoms with E-state index in [4.69, 9.17) is 5.73 Å². The van der Waals surface area contributed by atoms with Gasteiger partial charge in [-0.25, -0.2) is 0 Å². The molecule has 1 aromatic rings. The summed E-state index contributed by atoms with van der Waals surface area (Å²) in [5.74, 6) is 0.0714. The number of carbonyl (C=O) groups excluding carboxylic acids is 1. The summed E-state index contributed by atoms with van der Waals surface area (Å²) in [7, 11) is 0. The summed E-state index contributed by atoms with van der Waals surface area (Å²) in [6.45, 7) is 0.138. The van der Waals surface area contributed by atoms with Crippen LogP contribution in [0, 0.1) is 5.92 Å². The van der Waals surface area contributed by atoms with Gasteiger partial charge in [0.1, 0.15) is 0 Å². The van der Waals surface area contributed by atoms with Crippen LogP contribution in [-0.4, -0.2) is 29.7 Å². The number of amides is 1. The second-order valence-electron chi connectivity index (χ2n) is 5.28. The number of hydrogen-bond acceptors (Lipinski definition) is 3. The molecule has 0 saturated heterocycles. The molecule has 0 bridgehead atoms. The minimum Gasteiger partial charge on any atom is -0.396 e. The Bertz CT molecular complexity index is 408. The zero-order valence-corrected chi connectivity index (χ0v) is 11.1. The summed E-state index contributed by atoms with van der Waals surface area (Å²) in [6.07, 6.45) is 3.53. The first-order valence-electron chi connectivity index (χ1n) is 6.91. The first-order chi connectivity index (χ1) is 9.20. The third kappa shape index (κ3) is 3.78. The molecule has 0 spiro atoms. The van der Waals surface area contributed by atoms with Crippen LogP contribution < -0.4 is 11.1 Å². The second-order valence-corrected chi connectivity index (χ2v) is 5.28. The van der Waals surface area contributed by atoms with Crippen molar-refractivity contribution in [3.05, 3.63) is 35.9 Å². The zero-order chi connectivity index (χ0) is 13.7. The Balaban J connectivity index is 1.85. The molecule has 4 nitrogen and oxygen atoms in total. The van der Waals surface area contributed by atoms with E-state index in [0.717, 1.165) is 24.8 Å². The van der Waals surface area contributed by atoms with Crippen LogP contribution in [0.25, 0.3) is 0 Å². The Morgan fingerprint density at radius 1 is 1.37 bits per heavy atom. The fourth-order valence-corrected chi connectivity index (χ4v) is 2.70. The van der Waals surface area contributed by atoms with Gasteiger partial charge in [-0.2, -0.15) is 0 Å². The van der Waals surface area contributed by atoms with Gasteiger partial charge in [-0.1, -0.05) is 36.8 Å². The minimum absolute atomic E-state index is 0.0827. The molecule has 104 valence electrons. The van der Waals surface area contributed by atoms with E-state index in [1.165, 1.54) is 0 Å². The van der Waals surface area contributed by atoms with E-state index in [9.17, 15) is 9.90 Å². The lowest BCUT2D eigenvalue weighted by Crippen LogP contribution is -2.48. The lowest BCUT2D eigenvalue weighted by atomic mass is 10.0. The monoisotopic (exact) mass is 262 g/mol. The number of benzene rings is 1. The molecule has 2 rings (SSSR count). The Hall–Kier alpha value is -1.39. The highest BCUT2D eigenvalue weighted by Gasteiger charge is 2.29. The maximum Gasteiger partial charge on any atom is 0.237 e. The van der Waals surface area contributed by atoms with Crippen LogP contribution in [0.1, 0.15) is 24.8 Å². The minimum atomic E-state index is -0.526. The predicted octanol–water partition coefficient (Wildman–Crippen LogP) is 0.834. The van der Waals surface area contributed by atoms with Gasteiger partial charge in [0.25, 0.3) is 0 Å². The average molecular weight is 262 g/mol. The molecule has 1 aliphatic carbocycles. The van der Waals surface area contributed by atoms with Crippen molar-refractivity contribution in [2.75, 3.05) is 6.61 Å². The summed E-state index contributed by atoms with van der Waals surface area (Å²) in [4.78, 5) is 12.0. The zero-order valence-electron chi connectivity index (χ0n) is 11.1. The van der Waals surface area contributed by atoms with Gasteiger partial charge in [0, 0.05) is 18.6 Å². The highest BCUT2D eigenvalue weighted by molar-refractivity contribution is 5.82. The van der Waals surface area contributed by atoms with Crippen molar-refractivity contribution >= 4 is 5.91 Å². The van der Waals surface area contributed by atoms with Crippen LogP contribution in [0.15, 0.2) is 30.3 Å². The molecule has 4 heteroatoms. The third-order valence-corrected chi connectivity index (χ3v) is 3.86. The normalized spacial score (nSPS) is 24.1. The summed E-state index contributed by atoms with van der Waals surface area (Å²) in [5.41, 5.74) is 7.00. The summed E-state index contributed by atoms with van der Waals surface area (Å²) >= 11 is 0. The molecule has 0 heterocycles. The van der Waals surface area contributed by atoms with Crippen LogP contribution >= 0.6 is 0 Å².